The van der Waals surface area contributed by atoms with Crippen molar-refractivity contribution in [3.8, 4) is 5.75 Å². The molecule has 140 valence electrons. The highest BCUT2D eigenvalue weighted by Crippen LogP contribution is 2.68. The third-order valence-electron chi connectivity index (χ3n) is 7.88. The van der Waals surface area contributed by atoms with Crippen LogP contribution in [0.25, 0.3) is 0 Å². The van der Waals surface area contributed by atoms with E-state index in [2.05, 4.69) is 26.0 Å². The highest BCUT2D eigenvalue weighted by molar-refractivity contribution is 6.00. The summed E-state index contributed by atoms with van der Waals surface area (Å²) in [5.41, 5.74) is -0.0641. The van der Waals surface area contributed by atoms with Crippen LogP contribution < -0.4 is 4.74 Å². The van der Waals surface area contributed by atoms with Gasteiger partial charge in [0.05, 0.1) is 7.11 Å². The molecule has 0 radical (unpaired) electrons. The third-order valence-corrected chi connectivity index (χ3v) is 7.88. The van der Waals surface area contributed by atoms with E-state index in [0.29, 0.717) is 6.42 Å². The summed E-state index contributed by atoms with van der Waals surface area (Å²) in [6.45, 7) is 4.25. The Hall–Kier alpha value is -2.08. The Labute approximate surface area is 152 Å². The number of nitrogens with zero attached hydrogens (tertiary/aromatic N) is 1. The Morgan fingerprint density at radius 3 is 2.42 bits per heavy atom. The Morgan fingerprint density at radius 1 is 1.19 bits per heavy atom. The SMILES string of the molecule is COc1ccc2c(c1)C1(C)CC3N(C)C(C2)C1(C)CC3(C(=O)O)C(=O)O. The van der Waals surface area contributed by atoms with E-state index in [-0.39, 0.29) is 17.9 Å². The van der Waals surface area contributed by atoms with E-state index >= 15 is 0 Å². The lowest BCUT2D eigenvalue weighted by Gasteiger charge is -2.71. The molecule has 4 unspecified atom stereocenters. The first-order valence-electron chi connectivity index (χ1n) is 8.98. The molecule has 2 aliphatic heterocycles. The van der Waals surface area contributed by atoms with Crippen LogP contribution in [0.2, 0.25) is 0 Å². The second-order valence-corrected chi connectivity index (χ2v) is 8.64. The van der Waals surface area contributed by atoms with Crippen molar-refractivity contribution in [3.05, 3.63) is 29.3 Å². The van der Waals surface area contributed by atoms with Gasteiger partial charge in [-0.2, -0.15) is 0 Å². The summed E-state index contributed by atoms with van der Waals surface area (Å²) in [4.78, 5) is 26.3. The van der Waals surface area contributed by atoms with Crippen molar-refractivity contribution in [1.82, 2.24) is 4.90 Å². The first kappa shape index (κ1) is 17.3. The largest absolute Gasteiger partial charge is 0.497 e. The maximum atomic E-state index is 12.1. The molecule has 2 aliphatic carbocycles. The first-order valence-corrected chi connectivity index (χ1v) is 8.98. The lowest BCUT2D eigenvalue weighted by Crippen LogP contribution is -2.78. The molecule has 3 fully saturated rings. The Kier molecular flexibility index (Phi) is 3.34. The summed E-state index contributed by atoms with van der Waals surface area (Å²) in [7, 11) is 3.53. The molecule has 26 heavy (non-hydrogen) atoms. The number of fused-ring (bicyclic) bond motifs is 2. The molecule has 1 aromatic rings. The Morgan fingerprint density at radius 2 is 1.85 bits per heavy atom. The van der Waals surface area contributed by atoms with E-state index in [9.17, 15) is 19.8 Å². The molecule has 2 saturated heterocycles. The first-order chi connectivity index (χ1) is 12.1. The maximum absolute atomic E-state index is 12.1. The summed E-state index contributed by atoms with van der Waals surface area (Å²) in [6, 6.07) is 5.70. The third kappa shape index (κ3) is 1.71. The quantitative estimate of drug-likeness (QED) is 0.804. The van der Waals surface area contributed by atoms with Crippen LogP contribution >= 0.6 is 0 Å². The number of methoxy groups -OCH3 is 1. The van der Waals surface area contributed by atoms with E-state index in [1.165, 1.54) is 11.1 Å². The summed E-state index contributed by atoms with van der Waals surface area (Å²) < 4.78 is 5.42. The van der Waals surface area contributed by atoms with Gasteiger partial charge < -0.3 is 14.9 Å². The molecular formula is C20H25NO5. The highest BCUT2D eigenvalue weighted by Gasteiger charge is 2.74. The van der Waals surface area contributed by atoms with E-state index in [1.807, 2.05) is 18.0 Å². The van der Waals surface area contributed by atoms with Crippen LogP contribution in [0.15, 0.2) is 18.2 Å². The number of benzene rings is 1. The number of carboxylic acids is 2. The predicted molar refractivity (Wildman–Crippen MR) is 94.4 cm³/mol. The molecule has 0 spiro atoms. The number of hydrogen-bond donors (Lipinski definition) is 2. The van der Waals surface area contributed by atoms with E-state index < -0.39 is 28.8 Å². The van der Waals surface area contributed by atoms with Gasteiger partial charge in [-0.1, -0.05) is 19.9 Å². The number of rotatable bonds is 3. The van der Waals surface area contributed by atoms with Crippen molar-refractivity contribution in [3.63, 3.8) is 0 Å². The number of likely N-dealkylation sites (N-methyl/N-ethyl adjacent to an activating group) is 1. The van der Waals surface area contributed by atoms with Crippen LogP contribution in [0.1, 0.15) is 37.8 Å². The maximum Gasteiger partial charge on any atom is 0.322 e. The molecule has 2 N–H and O–H groups in total. The van der Waals surface area contributed by atoms with Gasteiger partial charge in [-0.25, -0.2) is 0 Å². The van der Waals surface area contributed by atoms with Gasteiger partial charge in [0.2, 0.25) is 0 Å². The van der Waals surface area contributed by atoms with E-state index in [1.54, 1.807) is 7.11 Å². The zero-order valence-electron chi connectivity index (χ0n) is 15.6. The second kappa shape index (κ2) is 5.00. The summed E-state index contributed by atoms with van der Waals surface area (Å²) in [5, 5.41) is 19.8. The fraction of sp³-hybridized carbons (Fsp3) is 0.600. The smallest absolute Gasteiger partial charge is 0.322 e. The number of aliphatic carboxylic acids is 2. The molecule has 4 atom stereocenters. The fourth-order valence-electron chi connectivity index (χ4n) is 6.23. The molecule has 0 aromatic heterocycles. The monoisotopic (exact) mass is 359 g/mol. The minimum absolute atomic E-state index is 0.124. The second-order valence-electron chi connectivity index (χ2n) is 8.64. The van der Waals surface area contributed by atoms with Gasteiger partial charge in [-0.3, -0.25) is 14.5 Å². The number of carbonyl (C=O) groups is 2. The number of hydrogen-bond acceptors (Lipinski definition) is 4. The average molecular weight is 359 g/mol. The molecule has 5 rings (SSSR count). The molecule has 4 aliphatic rings. The molecule has 6 nitrogen and oxygen atoms in total. The van der Waals surface area contributed by atoms with Gasteiger partial charge in [0.1, 0.15) is 5.75 Å². The van der Waals surface area contributed by atoms with Crippen LogP contribution in [0.4, 0.5) is 0 Å². The van der Waals surface area contributed by atoms with E-state index in [4.69, 9.17) is 4.74 Å². The van der Waals surface area contributed by atoms with Gasteiger partial charge in [-0.15, -0.1) is 0 Å². The van der Waals surface area contributed by atoms with Crippen LogP contribution in [-0.2, 0) is 21.4 Å². The van der Waals surface area contributed by atoms with E-state index in [0.717, 1.165) is 12.2 Å². The normalized spacial score (nSPS) is 37.1. The minimum atomic E-state index is -1.75. The molecule has 1 aromatic carbocycles. The summed E-state index contributed by atoms with van der Waals surface area (Å²) in [6.07, 6.45) is 1.46. The van der Waals surface area contributed by atoms with Crippen molar-refractivity contribution in [2.45, 2.75) is 50.6 Å². The zero-order chi connectivity index (χ0) is 19.1. The van der Waals surface area contributed by atoms with Crippen molar-refractivity contribution in [2.24, 2.45) is 10.8 Å². The topological polar surface area (TPSA) is 87.1 Å². The highest BCUT2D eigenvalue weighted by atomic mass is 16.5. The standard InChI is InChI=1S/C20H25NO5/c1-18-9-15-20(16(22)23,17(24)25)10-19(18,2)14(21(15)3)7-11-5-6-12(26-4)8-13(11)18/h5-6,8,14-15H,7,9-10H2,1-4H3,(H,22,23)(H,24,25). The Balaban J connectivity index is 1.94. The van der Waals surface area contributed by atoms with Crippen molar-refractivity contribution in [1.29, 1.82) is 0 Å². The van der Waals surface area contributed by atoms with Gasteiger partial charge in [0.25, 0.3) is 0 Å². The summed E-state index contributed by atoms with van der Waals surface area (Å²) >= 11 is 0. The van der Waals surface area contributed by atoms with Gasteiger partial charge in [-0.05, 0) is 55.0 Å². The van der Waals surface area contributed by atoms with Gasteiger partial charge in [0.15, 0.2) is 5.41 Å². The van der Waals surface area contributed by atoms with Crippen LogP contribution in [0, 0.1) is 10.8 Å². The molecule has 6 heteroatoms. The van der Waals surface area contributed by atoms with Crippen LogP contribution in [0.5, 0.6) is 5.75 Å². The predicted octanol–water partition coefficient (Wildman–Crippen LogP) is 2.15. The number of ether oxygens (including phenoxy) is 1. The lowest BCUT2D eigenvalue weighted by molar-refractivity contribution is -0.213. The fourth-order valence-corrected chi connectivity index (χ4v) is 6.23. The molecule has 2 heterocycles. The molecule has 0 amide bonds. The van der Waals surface area contributed by atoms with Gasteiger partial charge >= 0.3 is 11.9 Å². The number of carboxylic acid groups (broad SMARTS) is 2. The van der Waals surface area contributed by atoms with Crippen LogP contribution in [0.3, 0.4) is 0 Å². The van der Waals surface area contributed by atoms with Crippen LogP contribution in [-0.4, -0.2) is 53.3 Å². The average Bonchev–Trinajstić information content (AvgIpc) is 2.58. The molecular weight excluding hydrogens is 334 g/mol. The Bertz CT molecular complexity index is 806. The zero-order valence-corrected chi connectivity index (χ0v) is 15.6. The van der Waals surface area contributed by atoms with Crippen molar-refractivity contribution in [2.75, 3.05) is 14.2 Å². The lowest BCUT2D eigenvalue weighted by atomic mass is 9.39. The van der Waals surface area contributed by atoms with Gasteiger partial charge in [0, 0.05) is 17.5 Å². The van der Waals surface area contributed by atoms with Crippen molar-refractivity contribution < 1.29 is 24.5 Å². The summed E-state index contributed by atoms with van der Waals surface area (Å²) in [5.74, 6) is -1.66. The molecule has 4 bridgehead atoms. The minimum Gasteiger partial charge on any atom is -0.497 e. The number of piperidine rings is 2. The van der Waals surface area contributed by atoms with Crippen molar-refractivity contribution >= 4 is 11.9 Å². The molecule has 1 saturated carbocycles.